The predicted molar refractivity (Wildman–Crippen MR) is 286 cm³/mol. The molecule has 0 aromatic heterocycles. The smallest absolute Gasteiger partial charge is 0.748 e. The van der Waals surface area contributed by atoms with Crippen molar-refractivity contribution < 1.29 is 74.8 Å². The third-order valence-electron chi connectivity index (χ3n) is 13.7. The molecular weight excluding hydrogens is 986 g/mol. The zero-order chi connectivity index (χ0) is 50.4. The molecule has 0 spiro atoms. The van der Waals surface area contributed by atoms with Gasteiger partial charge in [0.1, 0.15) is 12.6 Å². The maximum absolute atomic E-state index is 13.3. The number of carboxylic acid groups (broad SMARTS) is 1. The molecule has 2 aliphatic heterocycles. The second-order valence-corrected chi connectivity index (χ2v) is 24.6. The first-order valence-corrected chi connectivity index (χ1v) is 29.6. The number of anilines is 1. The van der Waals surface area contributed by atoms with Crippen molar-refractivity contribution in [1.29, 1.82) is 0 Å². The van der Waals surface area contributed by atoms with Gasteiger partial charge >= 0.3 is 35.5 Å². The van der Waals surface area contributed by atoms with Crippen LogP contribution in [-0.4, -0.2) is 102 Å². The molecule has 1 aliphatic carbocycles. The number of benzene rings is 4. The van der Waals surface area contributed by atoms with E-state index in [0.717, 1.165) is 79.6 Å². The number of nitrogens with zero attached hydrogens (tertiary/aromatic N) is 2. The number of nitrogens with one attached hydrogen (secondary N) is 1. The van der Waals surface area contributed by atoms with Gasteiger partial charge in [-0.15, -0.1) is 11.8 Å². The van der Waals surface area contributed by atoms with Crippen molar-refractivity contribution in [3.05, 3.63) is 130 Å². The van der Waals surface area contributed by atoms with Crippen molar-refractivity contribution in [3.8, 4) is 0 Å². The topological polar surface area (TPSA) is 184 Å². The quantitative estimate of drug-likeness (QED) is 0.0307. The van der Waals surface area contributed by atoms with Crippen molar-refractivity contribution in [1.82, 2.24) is 5.32 Å². The molecule has 17 heteroatoms. The number of amides is 1. The zero-order valence-electron chi connectivity index (χ0n) is 41.7. The minimum Gasteiger partial charge on any atom is -0.748 e. The number of carbonyl (C=O) groups excluding carboxylic acids is 1. The van der Waals surface area contributed by atoms with Crippen LogP contribution in [0.15, 0.2) is 119 Å². The molecule has 12 nitrogen and oxygen atoms in total. The van der Waals surface area contributed by atoms with Gasteiger partial charge in [0, 0.05) is 70.3 Å². The number of hydrogen-bond acceptors (Lipinski definition) is 10. The Hall–Kier alpha value is -3.71. The number of thioether (sulfide) groups is 2. The minimum atomic E-state index is -4.35. The summed E-state index contributed by atoms with van der Waals surface area (Å²) < 4.78 is 69.9. The molecule has 1 amide bonds. The van der Waals surface area contributed by atoms with Crippen LogP contribution in [0.1, 0.15) is 96.6 Å². The van der Waals surface area contributed by atoms with Gasteiger partial charge in [0.2, 0.25) is 11.6 Å². The van der Waals surface area contributed by atoms with E-state index in [9.17, 15) is 40.6 Å². The molecule has 374 valence electrons. The summed E-state index contributed by atoms with van der Waals surface area (Å²) in [6, 6.07) is 24.2. The summed E-state index contributed by atoms with van der Waals surface area (Å²) in [6.45, 7) is 9.93. The van der Waals surface area contributed by atoms with Crippen molar-refractivity contribution in [2.75, 3.05) is 47.3 Å². The largest absolute Gasteiger partial charge is 1.00 e. The summed E-state index contributed by atoms with van der Waals surface area (Å²) in [7, 11) is -8.46. The van der Waals surface area contributed by atoms with Crippen molar-refractivity contribution >= 4 is 94.3 Å². The Morgan fingerprint density at radius 3 is 2.15 bits per heavy atom. The standard InChI is InChI=1S/C54H65N3O9S4.Na/c1-53(2)46(56(31-10-12-35-69(61,62)63)44-25-21-37-15-6-8-19-41(37)49(44)53)27-23-39-17-14-18-40(51(39)68-34-30-48(58)55-43(52(59)60)29-33-67-5)24-28-47-54(3,4)50-42-20-9-7-16-38(42)22-26-45(50)57(47)32-11-13-36-70(64,65)66;/h6-9,15-16,19-28,43H,10-14,17-18,29-36H2,1-5H3,(H3-,55,58,59,60,61,62,63,64,65,66);/q;+1/t43-;/m0./s1. The van der Waals surface area contributed by atoms with Crippen LogP contribution in [0.3, 0.4) is 0 Å². The van der Waals surface area contributed by atoms with Gasteiger partial charge in [-0.25, -0.2) is 13.2 Å². The summed E-state index contributed by atoms with van der Waals surface area (Å²) in [6.07, 6.45) is 15.1. The average molecular weight is 1050 g/mol. The van der Waals surface area contributed by atoms with Crippen LogP contribution in [0.5, 0.6) is 0 Å². The van der Waals surface area contributed by atoms with Crippen LogP contribution in [0.2, 0.25) is 0 Å². The summed E-state index contributed by atoms with van der Waals surface area (Å²) in [5.41, 5.74) is 7.91. The van der Waals surface area contributed by atoms with Crippen LogP contribution in [0.25, 0.3) is 21.5 Å². The van der Waals surface area contributed by atoms with E-state index in [-0.39, 0.29) is 54.1 Å². The van der Waals surface area contributed by atoms with Gasteiger partial charge in [-0.05, 0) is 127 Å². The van der Waals surface area contributed by atoms with Crippen molar-refractivity contribution in [2.45, 2.75) is 102 Å². The molecule has 0 bridgehead atoms. The molecule has 2 heterocycles. The van der Waals surface area contributed by atoms with Crippen LogP contribution in [0.4, 0.5) is 11.4 Å². The Morgan fingerprint density at radius 2 is 1.49 bits per heavy atom. The maximum atomic E-state index is 13.3. The monoisotopic (exact) mass is 1050 g/mol. The van der Waals surface area contributed by atoms with Crippen molar-refractivity contribution in [2.24, 2.45) is 0 Å². The van der Waals surface area contributed by atoms with Gasteiger partial charge in [-0.3, -0.25) is 9.35 Å². The summed E-state index contributed by atoms with van der Waals surface area (Å²) in [5, 5.41) is 17.1. The van der Waals surface area contributed by atoms with Gasteiger partial charge in [-0.2, -0.15) is 24.8 Å². The second-order valence-electron chi connectivity index (χ2n) is 19.4. The molecule has 7 rings (SSSR count). The van der Waals surface area contributed by atoms with Gasteiger partial charge in [0.25, 0.3) is 10.1 Å². The number of carboxylic acids is 1. The minimum absolute atomic E-state index is 0. The molecule has 3 aliphatic rings. The Labute approximate surface area is 450 Å². The molecule has 0 saturated heterocycles. The number of rotatable bonds is 22. The summed E-state index contributed by atoms with van der Waals surface area (Å²) in [4.78, 5) is 28.6. The first kappa shape index (κ1) is 56.6. The fourth-order valence-electron chi connectivity index (χ4n) is 10.4. The first-order chi connectivity index (χ1) is 33.2. The second kappa shape index (κ2) is 24.1. The van der Waals surface area contributed by atoms with Gasteiger partial charge in [-0.1, -0.05) is 80.6 Å². The summed E-state index contributed by atoms with van der Waals surface area (Å²) in [5.74, 6) is -1.09. The molecule has 0 unspecified atom stereocenters. The number of aliphatic carboxylic acids is 1. The van der Waals surface area contributed by atoms with E-state index in [4.69, 9.17) is 0 Å². The van der Waals surface area contributed by atoms with Crippen LogP contribution >= 0.6 is 23.5 Å². The molecule has 71 heavy (non-hydrogen) atoms. The van der Waals surface area contributed by atoms with Gasteiger partial charge < -0.3 is 19.9 Å². The first-order valence-electron chi connectivity index (χ1n) is 24.0. The number of unbranched alkanes of at least 4 members (excludes halogenated alkanes) is 2. The average Bonchev–Trinajstić information content (AvgIpc) is 3.66. The molecule has 4 aromatic rings. The number of carbonyl (C=O) groups is 2. The van der Waals surface area contributed by atoms with E-state index in [0.29, 0.717) is 50.3 Å². The van der Waals surface area contributed by atoms with Crippen LogP contribution in [0, 0.1) is 0 Å². The van der Waals surface area contributed by atoms with E-state index in [1.54, 1.807) is 11.8 Å². The molecule has 3 N–H and O–H groups in total. The SMILES string of the molecule is CSCC[C@H](NC(=O)CCSC1=C(C=CC2=[N+](CCCCS(=O)(=O)O)c3ccc4ccccc4c3C2(C)C)CCCC1=CC=C1N(CCCCS(=O)(=O)[O-])c2ccc3ccccc3c2C1(C)C)C(=O)O.[Na+]. The van der Waals surface area contributed by atoms with E-state index < -0.39 is 48.8 Å². The van der Waals surface area contributed by atoms with E-state index in [1.165, 1.54) is 22.9 Å². The number of allylic oxidation sites excluding steroid dienone is 7. The fraction of sp³-hybridized carbons (Fsp3) is 0.426. The summed E-state index contributed by atoms with van der Waals surface area (Å²) >= 11 is 3.12. The third-order valence-corrected chi connectivity index (χ3v) is 17.2. The van der Waals surface area contributed by atoms with Gasteiger partial charge in [0.05, 0.1) is 21.3 Å². The van der Waals surface area contributed by atoms with Gasteiger partial charge in [0.15, 0.2) is 5.71 Å². The van der Waals surface area contributed by atoms with Crippen LogP contribution in [-0.2, 0) is 40.7 Å². The molecule has 0 fully saturated rings. The van der Waals surface area contributed by atoms with E-state index >= 15 is 0 Å². The maximum Gasteiger partial charge on any atom is 1.00 e. The number of hydrogen-bond donors (Lipinski definition) is 3. The Morgan fingerprint density at radius 1 is 0.831 bits per heavy atom. The third kappa shape index (κ3) is 13.5. The van der Waals surface area contributed by atoms with E-state index in [1.807, 2.05) is 30.5 Å². The Kier molecular flexibility index (Phi) is 19.2. The molecule has 0 radical (unpaired) electrons. The van der Waals surface area contributed by atoms with Crippen molar-refractivity contribution in [3.63, 3.8) is 0 Å². The predicted octanol–water partition coefficient (Wildman–Crippen LogP) is 7.41. The van der Waals surface area contributed by atoms with Crippen LogP contribution < -0.4 is 39.8 Å². The molecule has 0 saturated carbocycles. The fourth-order valence-corrected chi connectivity index (χ4v) is 13.2. The molecular formula is C54H65N3NaO9S4+. The normalized spacial score (nSPS) is 18.2. The van der Waals surface area contributed by atoms with E-state index in [2.05, 4.69) is 115 Å². The Bertz CT molecular complexity index is 3050. The Balaban J connectivity index is 0.00000825. The molecule has 4 aromatic carbocycles. The molecule has 1 atom stereocenters. The number of fused-ring (bicyclic) bond motifs is 6. The zero-order valence-corrected chi connectivity index (χ0v) is 47.0.